The molecule has 0 unspecified atom stereocenters. The van der Waals surface area contributed by atoms with Crippen molar-refractivity contribution < 1.29 is 4.79 Å². The van der Waals surface area contributed by atoms with Crippen LogP contribution in [0.25, 0.3) is 11.0 Å². The zero-order chi connectivity index (χ0) is 17.2. The van der Waals surface area contributed by atoms with E-state index in [4.69, 9.17) is 11.6 Å². The fourth-order valence-electron chi connectivity index (χ4n) is 3.09. The van der Waals surface area contributed by atoms with E-state index in [0.29, 0.717) is 23.8 Å². The Labute approximate surface area is 150 Å². The van der Waals surface area contributed by atoms with E-state index in [-0.39, 0.29) is 5.91 Å². The first-order valence-electron chi connectivity index (χ1n) is 8.26. The van der Waals surface area contributed by atoms with Crippen LogP contribution in [0.4, 0.5) is 0 Å². The van der Waals surface area contributed by atoms with E-state index in [1.54, 1.807) is 12.1 Å². The summed E-state index contributed by atoms with van der Waals surface area (Å²) in [6, 6.07) is 11.4. The Hall–Kier alpha value is -2.44. The maximum Gasteiger partial charge on any atom is 0.255 e. The number of carbonyl (C=O) groups is 1. The zero-order valence-electron chi connectivity index (χ0n) is 13.7. The number of halogens is 1. The molecule has 1 saturated heterocycles. The summed E-state index contributed by atoms with van der Waals surface area (Å²) < 4.78 is 0. The molecule has 6 nitrogen and oxygen atoms in total. The highest BCUT2D eigenvalue weighted by atomic mass is 35.5. The van der Waals surface area contributed by atoms with Gasteiger partial charge in [-0.05, 0) is 24.3 Å². The Morgan fingerprint density at radius 2 is 1.92 bits per heavy atom. The Balaban J connectivity index is 1.36. The third-order valence-electron chi connectivity index (χ3n) is 4.45. The number of piperazine rings is 1. The molecule has 1 aromatic carbocycles. The number of imidazole rings is 1. The van der Waals surface area contributed by atoms with Gasteiger partial charge in [-0.15, -0.1) is 0 Å². The van der Waals surface area contributed by atoms with Gasteiger partial charge in [-0.25, -0.2) is 9.97 Å². The molecule has 1 aliphatic heterocycles. The summed E-state index contributed by atoms with van der Waals surface area (Å²) in [6.45, 7) is 3.80. The summed E-state index contributed by atoms with van der Waals surface area (Å²) in [7, 11) is 0. The van der Waals surface area contributed by atoms with Gasteiger partial charge in [0.05, 0.1) is 23.1 Å². The largest absolute Gasteiger partial charge is 0.341 e. The number of aromatic amines is 1. The average molecular weight is 356 g/mol. The average Bonchev–Trinajstić information content (AvgIpc) is 3.05. The van der Waals surface area contributed by atoms with E-state index in [1.807, 2.05) is 29.2 Å². The molecule has 4 rings (SSSR count). The lowest BCUT2D eigenvalue weighted by molar-refractivity contribution is 0.0625. The number of para-hydroxylation sites is 2. The summed E-state index contributed by atoms with van der Waals surface area (Å²) in [5.74, 6) is 0.968. The third-order valence-corrected chi connectivity index (χ3v) is 4.67. The van der Waals surface area contributed by atoms with Crippen LogP contribution in [0.2, 0.25) is 5.15 Å². The van der Waals surface area contributed by atoms with Crippen molar-refractivity contribution in [3.05, 3.63) is 59.1 Å². The number of benzene rings is 1. The predicted molar refractivity (Wildman–Crippen MR) is 96.5 cm³/mol. The topological polar surface area (TPSA) is 65.1 Å². The number of amides is 1. The molecule has 0 spiro atoms. The molecule has 0 saturated carbocycles. The predicted octanol–water partition coefficient (Wildman–Crippen LogP) is 2.57. The van der Waals surface area contributed by atoms with Gasteiger partial charge < -0.3 is 9.88 Å². The van der Waals surface area contributed by atoms with E-state index < -0.39 is 0 Å². The second kappa shape index (κ2) is 6.82. The van der Waals surface area contributed by atoms with Crippen LogP contribution in [-0.2, 0) is 6.54 Å². The monoisotopic (exact) mass is 355 g/mol. The summed E-state index contributed by atoms with van der Waals surface area (Å²) in [5.41, 5.74) is 2.62. The molecule has 0 radical (unpaired) electrons. The first-order chi connectivity index (χ1) is 12.2. The Morgan fingerprint density at radius 3 is 2.64 bits per heavy atom. The van der Waals surface area contributed by atoms with Gasteiger partial charge in [0.15, 0.2) is 0 Å². The number of hydrogen-bond donors (Lipinski definition) is 1. The molecule has 1 N–H and O–H groups in total. The summed E-state index contributed by atoms with van der Waals surface area (Å²) in [4.78, 5) is 28.6. The van der Waals surface area contributed by atoms with Gasteiger partial charge in [0.1, 0.15) is 11.0 Å². The number of hydrogen-bond acceptors (Lipinski definition) is 4. The number of fused-ring (bicyclic) bond motifs is 1. The second-order valence-electron chi connectivity index (χ2n) is 6.14. The Morgan fingerprint density at radius 1 is 1.12 bits per heavy atom. The van der Waals surface area contributed by atoms with E-state index in [1.165, 1.54) is 6.20 Å². The number of nitrogens with zero attached hydrogens (tertiary/aromatic N) is 4. The van der Waals surface area contributed by atoms with Gasteiger partial charge in [-0.1, -0.05) is 23.7 Å². The molecule has 7 heteroatoms. The van der Waals surface area contributed by atoms with Crippen molar-refractivity contribution in [2.75, 3.05) is 26.2 Å². The van der Waals surface area contributed by atoms with Crippen molar-refractivity contribution in [1.29, 1.82) is 0 Å². The lowest BCUT2D eigenvalue weighted by Gasteiger charge is -2.34. The highest BCUT2D eigenvalue weighted by Gasteiger charge is 2.23. The molecule has 128 valence electrons. The van der Waals surface area contributed by atoms with Gasteiger partial charge >= 0.3 is 0 Å². The van der Waals surface area contributed by atoms with Crippen molar-refractivity contribution in [2.24, 2.45) is 0 Å². The SMILES string of the molecule is O=C(c1ccc(Cl)nc1)N1CCN(Cc2nc3ccccc3[nH]2)CC1. The molecule has 1 fully saturated rings. The highest BCUT2D eigenvalue weighted by molar-refractivity contribution is 6.29. The molecule has 0 atom stereocenters. The molecule has 0 aliphatic carbocycles. The number of carbonyl (C=O) groups excluding carboxylic acids is 1. The molecular formula is C18H18ClN5O. The third kappa shape index (κ3) is 3.50. The van der Waals surface area contributed by atoms with Crippen LogP contribution in [-0.4, -0.2) is 56.8 Å². The van der Waals surface area contributed by atoms with Crippen LogP contribution in [0.5, 0.6) is 0 Å². The van der Waals surface area contributed by atoms with E-state index in [0.717, 1.165) is 36.5 Å². The minimum absolute atomic E-state index is 0.00699. The molecule has 1 aliphatic rings. The first-order valence-corrected chi connectivity index (χ1v) is 8.64. The zero-order valence-corrected chi connectivity index (χ0v) is 14.4. The van der Waals surface area contributed by atoms with Crippen LogP contribution >= 0.6 is 11.6 Å². The molecule has 0 bridgehead atoms. The van der Waals surface area contributed by atoms with Gasteiger partial charge in [0, 0.05) is 32.4 Å². The van der Waals surface area contributed by atoms with E-state index in [9.17, 15) is 4.79 Å². The minimum atomic E-state index is 0.00699. The minimum Gasteiger partial charge on any atom is -0.341 e. The van der Waals surface area contributed by atoms with Crippen LogP contribution in [0.3, 0.4) is 0 Å². The Kier molecular flexibility index (Phi) is 4.38. The lowest BCUT2D eigenvalue weighted by Crippen LogP contribution is -2.48. The van der Waals surface area contributed by atoms with Crippen molar-refractivity contribution in [2.45, 2.75) is 6.54 Å². The highest BCUT2D eigenvalue weighted by Crippen LogP contribution is 2.14. The smallest absolute Gasteiger partial charge is 0.255 e. The molecule has 3 aromatic rings. The maximum absolute atomic E-state index is 12.5. The second-order valence-corrected chi connectivity index (χ2v) is 6.53. The van der Waals surface area contributed by atoms with Gasteiger partial charge in [0.25, 0.3) is 5.91 Å². The van der Waals surface area contributed by atoms with Gasteiger partial charge in [0.2, 0.25) is 0 Å². The fourth-order valence-corrected chi connectivity index (χ4v) is 3.20. The fraction of sp³-hybridized carbons (Fsp3) is 0.278. The summed E-state index contributed by atoms with van der Waals surface area (Å²) in [5, 5.41) is 0.396. The van der Waals surface area contributed by atoms with Gasteiger partial charge in [-0.3, -0.25) is 9.69 Å². The summed E-state index contributed by atoms with van der Waals surface area (Å²) in [6.07, 6.45) is 1.53. The number of H-pyrrole nitrogens is 1. The van der Waals surface area contributed by atoms with Crippen LogP contribution in [0.15, 0.2) is 42.6 Å². The molecule has 25 heavy (non-hydrogen) atoms. The number of pyridine rings is 1. The van der Waals surface area contributed by atoms with Crippen LogP contribution in [0, 0.1) is 0 Å². The van der Waals surface area contributed by atoms with Crippen molar-refractivity contribution in [1.82, 2.24) is 24.8 Å². The lowest BCUT2D eigenvalue weighted by atomic mass is 10.2. The number of aromatic nitrogens is 3. The number of rotatable bonds is 3. The van der Waals surface area contributed by atoms with E-state index >= 15 is 0 Å². The van der Waals surface area contributed by atoms with Gasteiger partial charge in [-0.2, -0.15) is 0 Å². The molecule has 1 amide bonds. The number of nitrogens with one attached hydrogen (secondary N) is 1. The standard InChI is InChI=1S/C18H18ClN5O/c19-16-6-5-13(11-20-16)18(25)24-9-7-23(8-10-24)12-17-21-14-3-1-2-4-15(14)22-17/h1-6,11H,7-10,12H2,(H,21,22). The summed E-state index contributed by atoms with van der Waals surface area (Å²) >= 11 is 5.78. The van der Waals surface area contributed by atoms with Crippen LogP contribution < -0.4 is 0 Å². The van der Waals surface area contributed by atoms with E-state index in [2.05, 4.69) is 19.9 Å². The Bertz CT molecular complexity index is 851. The van der Waals surface area contributed by atoms with Crippen molar-refractivity contribution in [3.63, 3.8) is 0 Å². The van der Waals surface area contributed by atoms with Crippen molar-refractivity contribution in [3.8, 4) is 0 Å². The molecule has 2 aromatic heterocycles. The molecular weight excluding hydrogens is 338 g/mol. The first kappa shape index (κ1) is 16.1. The molecule has 3 heterocycles. The quantitative estimate of drug-likeness (QED) is 0.733. The normalized spacial score (nSPS) is 15.6. The van der Waals surface area contributed by atoms with Crippen molar-refractivity contribution >= 4 is 28.5 Å². The van der Waals surface area contributed by atoms with Crippen LogP contribution in [0.1, 0.15) is 16.2 Å². The maximum atomic E-state index is 12.5.